The first kappa shape index (κ1) is 22.3. The van der Waals surface area contributed by atoms with E-state index < -0.39 is 0 Å². The van der Waals surface area contributed by atoms with Crippen LogP contribution in [-0.2, 0) is 4.79 Å². The SMILES string of the molecule is O=C(COc1ccc(C2=NN(C(=O)c3cccs3)[C@@H](c3ccccc3)C2)cc1)N1CCCCC1. The number of nitrogens with zero attached hydrogens (tertiary/aromatic N) is 3. The molecule has 0 aliphatic carbocycles. The fourth-order valence-electron chi connectivity index (χ4n) is 4.44. The van der Waals surface area contributed by atoms with Gasteiger partial charge in [-0.05, 0) is 66.1 Å². The van der Waals surface area contributed by atoms with Crippen LogP contribution in [0, 0.1) is 0 Å². The van der Waals surface area contributed by atoms with E-state index in [1.165, 1.54) is 17.8 Å². The number of carbonyl (C=O) groups is 2. The molecule has 0 bridgehead atoms. The summed E-state index contributed by atoms with van der Waals surface area (Å²) >= 11 is 1.42. The minimum Gasteiger partial charge on any atom is -0.484 e. The van der Waals surface area contributed by atoms with Crippen LogP contribution in [0.4, 0.5) is 0 Å². The van der Waals surface area contributed by atoms with Gasteiger partial charge in [0.1, 0.15) is 5.75 Å². The molecule has 1 atom stereocenters. The lowest BCUT2D eigenvalue weighted by Gasteiger charge is -2.26. The third kappa shape index (κ3) is 4.89. The average Bonchev–Trinajstić information content (AvgIpc) is 3.59. The standard InChI is InChI=1S/C27H27N3O3S/c31-26(29-15-5-2-6-16-29)19-33-22-13-11-20(12-14-22)23-18-24(21-8-3-1-4-9-21)30(28-23)27(32)25-10-7-17-34-25/h1,3-4,7-14,17,24H,2,5-6,15-16,18-19H2/t24-/m1/s1. The largest absolute Gasteiger partial charge is 0.484 e. The minimum atomic E-state index is -0.149. The highest BCUT2D eigenvalue weighted by molar-refractivity contribution is 7.12. The van der Waals surface area contributed by atoms with Crippen molar-refractivity contribution in [2.75, 3.05) is 19.7 Å². The van der Waals surface area contributed by atoms with Gasteiger partial charge in [-0.1, -0.05) is 36.4 Å². The number of likely N-dealkylation sites (tertiary alicyclic amines) is 1. The number of thiophene rings is 1. The van der Waals surface area contributed by atoms with Crippen LogP contribution in [0.3, 0.4) is 0 Å². The van der Waals surface area contributed by atoms with Crippen molar-refractivity contribution in [3.63, 3.8) is 0 Å². The van der Waals surface area contributed by atoms with E-state index >= 15 is 0 Å². The van der Waals surface area contributed by atoms with E-state index in [4.69, 9.17) is 9.84 Å². The number of hydrogen-bond donors (Lipinski definition) is 0. The Labute approximate surface area is 203 Å². The van der Waals surface area contributed by atoms with Crippen molar-refractivity contribution in [2.45, 2.75) is 31.7 Å². The van der Waals surface area contributed by atoms with Gasteiger partial charge in [0.15, 0.2) is 6.61 Å². The zero-order valence-corrected chi connectivity index (χ0v) is 19.7. The summed E-state index contributed by atoms with van der Waals surface area (Å²) in [5.74, 6) is 0.603. The molecule has 6 nitrogen and oxygen atoms in total. The van der Waals surface area contributed by atoms with Crippen molar-refractivity contribution in [1.29, 1.82) is 0 Å². The van der Waals surface area contributed by atoms with Crippen LogP contribution in [0.1, 0.15) is 52.5 Å². The molecule has 2 aromatic carbocycles. The van der Waals surface area contributed by atoms with Crippen molar-refractivity contribution in [3.05, 3.63) is 88.1 Å². The van der Waals surface area contributed by atoms with Gasteiger partial charge in [-0.25, -0.2) is 5.01 Å². The summed E-state index contributed by atoms with van der Waals surface area (Å²) in [6.07, 6.45) is 3.96. The lowest BCUT2D eigenvalue weighted by atomic mass is 9.98. The Balaban J connectivity index is 1.30. The Kier molecular flexibility index (Phi) is 6.72. The van der Waals surface area contributed by atoms with E-state index in [-0.39, 0.29) is 24.5 Å². The molecule has 2 aliphatic heterocycles. The normalized spacial score (nSPS) is 18.0. The molecule has 0 unspecified atom stereocenters. The van der Waals surface area contributed by atoms with Gasteiger partial charge in [0.2, 0.25) is 0 Å². The van der Waals surface area contributed by atoms with Gasteiger partial charge >= 0.3 is 0 Å². The van der Waals surface area contributed by atoms with Crippen LogP contribution in [0.25, 0.3) is 0 Å². The van der Waals surface area contributed by atoms with Gasteiger partial charge in [-0.15, -0.1) is 11.3 Å². The number of rotatable bonds is 6. The first-order valence-electron chi connectivity index (χ1n) is 11.7. The maximum absolute atomic E-state index is 13.2. The molecule has 0 radical (unpaired) electrons. The number of carbonyl (C=O) groups excluding carboxylic acids is 2. The molecule has 7 heteroatoms. The summed E-state index contributed by atoms with van der Waals surface area (Å²) in [7, 11) is 0. The number of ether oxygens (including phenoxy) is 1. The molecular formula is C27H27N3O3S. The van der Waals surface area contributed by atoms with Crippen molar-refractivity contribution in [2.24, 2.45) is 5.10 Å². The molecule has 0 N–H and O–H groups in total. The molecule has 3 aromatic rings. The van der Waals surface area contributed by atoms with Gasteiger partial charge in [0, 0.05) is 19.5 Å². The minimum absolute atomic E-state index is 0.0392. The smallest absolute Gasteiger partial charge is 0.284 e. The Bertz CT molecular complexity index is 1150. The van der Waals surface area contributed by atoms with E-state index in [0.29, 0.717) is 17.0 Å². The highest BCUT2D eigenvalue weighted by Crippen LogP contribution is 2.34. The average molecular weight is 474 g/mol. The second-order valence-electron chi connectivity index (χ2n) is 8.56. The zero-order chi connectivity index (χ0) is 23.3. The highest BCUT2D eigenvalue weighted by atomic mass is 32.1. The summed E-state index contributed by atoms with van der Waals surface area (Å²) in [4.78, 5) is 28.1. The Hall–Kier alpha value is -3.45. The molecular weight excluding hydrogens is 446 g/mol. The predicted octanol–water partition coefficient (Wildman–Crippen LogP) is 5.13. The monoisotopic (exact) mass is 473 g/mol. The fourth-order valence-corrected chi connectivity index (χ4v) is 5.10. The van der Waals surface area contributed by atoms with Crippen molar-refractivity contribution in [1.82, 2.24) is 9.91 Å². The van der Waals surface area contributed by atoms with Gasteiger partial charge in [-0.2, -0.15) is 5.10 Å². The number of hydrazone groups is 1. The molecule has 1 aromatic heterocycles. The fraction of sp³-hybridized carbons (Fsp3) is 0.296. The van der Waals surface area contributed by atoms with Crippen molar-refractivity contribution >= 4 is 28.9 Å². The maximum Gasteiger partial charge on any atom is 0.284 e. The topological polar surface area (TPSA) is 62.2 Å². The Morgan fingerprint density at radius 2 is 1.71 bits per heavy atom. The van der Waals surface area contributed by atoms with E-state index in [1.54, 1.807) is 5.01 Å². The van der Waals surface area contributed by atoms with Gasteiger partial charge in [-0.3, -0.25) is 9.59 Å². The molecule has 34 heavy (non-hydrogen) atoms. The van der Waals surface area contributed by atoms with Crippen LogP contribution in [0.2, 0.25) is 0 Å². The lowest BCUT2D eigenvalue weighted by molar-refractivity contribution is -0.134. The molecule has 1 saturated heterocycles. The molecule has 0 spiro atoms. The first-order valence-corrected chi connectivity index (χ1v) is 12.6. The number of hydrogen-bond acceptors (Lipinski definition) is 5. The molecule has 5 rings (SSSR count). The van der Waals surface area contributed by atoms with Gasteiger partial charge in [0.05, 0.1) is 16.6 Å². The molecule has 0 saturated carbocycles. The van der Waals surface area contributed by atoms with E-state index in [9.17, 15) is 9.59 Å². The van der Waals surface area contributed by atoms with Crippen molar-refractivity contribution < 1.29 is 14.3 Å². The zero-order valence-electron chi connectivity index (χ0n) is 18.9. The summed E-state index contributed by atoms with van der Waals surface area (Å²) in [6, 6.07) is 21.2. The second-order valence-corrected chi connectivity index (χ2v) is 9.51. The lowest BCUT2D eigenvalue weighted by Crippen LogP contribution is -2.38. The highest BCUT2D eigenvalue weighted by Gasteiger charge is 2.34. The Morgan fingerprint density at radius 3 is 2.41 bits per heavy atom. The first-order chi connectivity index (χ1) is 16.7. The van der Waals surface area contributed by atoms with E-state index in [0.717, 1.165) is 42.8 Å². The van der Waals surface area contributed by atoms with Crippen LogP contribution in [0.5, 0.6) is 5.75 Å². The summed E-state index contributed by atoms with van der Waals surface area (Å²) in [6.45, 7) is 1.70. The number of amides is 2. The third-order valence-electron chi connectivity index (χ3n) is 6.29. The second kappa shape index (κ2) is 10.2. The van der Waals surface area contributed by atoms with Gasteiger partial charge < -0.3 is 9.64 Å². The van der Waals surface area contributed by atoms with E-state index in [1.807, 2.05) is 77.0 Å². The number of piperidine rings is 1. The third-order valence-corrected chi connectivity index (χ3v) is 7.15. The van der Waals surface area contributed by atoms with Crippen LogP contribution < -0.4 is 4.74 Å². The predicted molar refractivity (Wildman–Crippen MR) is 133 cm³/mol. The quantitative estimate of drug-likeness (QED) is 0.499. The summed E-state index contributed by atoms with van der Waals surface area (Å²) < 4.78 is 5.74. The van der Waals surface area contributed by atoms with E-state index in [2.05, 4.69) is 0 Å². The summed E-state index contributed by atoms with van der Waals surface area (Å²) in [5.41, 5.74) is 2.86. The number of benzene rings is 2. The van der Waals surface area contributed by atoms with Crippen LogP contribution >= 0.6 is 11.3 Å². The Morgan fingerprint density at radius 1 is 0.941 bits per heavy atom. The van der Waals surface area contributed by atoms with Crippen molar-refractivity contribution in [3.8, 4) is 5.75 Å². The van der Waals surface area contributed by atoms with Gasteiger partial charge in [0.25, 0.3) is 11.8 Å². The maximum atomic E-state index is 13.2. The van der Waals surface area contributed by atoms with Crippen LogP contribution in [0.15, 0.2) is 77.2 Å². The molecule has 1 fully saturated rings. The summed E-state index contributed by atoms with van der Waals surface area (Å²) in [5, 5.41) is 8.25. The molecule has 2 amide bonds. The molecule has 174 valence electrons. The molecule has 2 aliphatic rings. The van der Waals surface area contributed by atoms with Crippen LogP contribution in [-0.4, -0.2) is 47.1 Å². The molecule has 3 heterocycles.